The average Bonchev–Trinajstić information content (AvgIpc) is 2.79. The van der Waals surface area contributed by atoms with Crippen LogP contribution in [0.15, 0.2) is 6.20 Å². The Morgan fingerprint density at radius 2 is 1.91 bits per heavy atom. The number of carboxylic acids is 1. The van der Waals surface area contributed by atoms with E-state index < -0.39 is 5.97 Å². The van der Waals surface area contributed by atoms with Crippen molar-refractivity contribution in [1.29, 1.82) is 0 Å². The summed E-state index contributed by atoms with van der Waals surface area (Å²) in [5.74, 6) is -0.740. The molecule has 1 aliphatic heterocycles. The lowest BCUT2D eigenvalue weighted by Gasteiger charge is -2.34. The molecule has 2 rings (SSSR count). The molecule has 6 nitrogen and oxygen atoms in total. The maximum absolute atomic E-state index is 12.2. The number of carboxylic acid groups (broad SMARTS) is 1. The molecule has 0 aliphatic carbocycles. The summed E-state index contributed by atoms with van der Waals surface area (Å²) in [6.07, 6.45) is 3.60. The number of amides is 1. The van der Waals surface area contributed by atoms with E-state index >= 15 is 0 Å². The predicted molar refractivity (Wildman–Crippen MR) is 82.8 cm³/mol. The first-order valence-corrected chi connectivity index (χ1v) is 7.74. The molecule has 0 saturated carbocycles. The molecule has 1 amide bonds. The van der Waals surface area contributed by atoms with Gasteiger partial charge in [0.05, 0.1) is 17.9 Å². The number of hydrogen-bond donors (Lipinski definition) is 1. The van der Waals surface area contributed by atoms with Gasteiger partial charge in [-0.1, -0.05) is 20.8 Å². The third-order valence-corrected chi connectivity index (χ3v) is 4.12. The van der Waals surface area contributed by atoms with Crippen molar-refractivity contribution in [3.63, 3.8) is 0 Å². The van der Waals surface area contributed by atoms with Crippen LogP contribution in [0.1, 0.15) is 62.1 Å². The second-order valence-corrected chi connectivity index (χ2v) is 7.24. The molecule has 1 aromatic rings. The van der Waals surface area contributed by atoms with Crippen LogP contribution in [-0.2, 0) is 4.79 Å². The number of likely N-dealkylation sites (tertiary alicyclic amines) is 1. The van der Waals surface area contributed by atoms with Gasteiger partial charge in [0.15, 0.2) is 0 Å². The highest BCUT2D eigenvalue weighted by atomic mass is 16.4. The minimum atomic E-state index is -0.943. The van der Waals surface area contributed by atoms with Crippen LogP contribution in [0.3, 0.4) is 0 Å². The van der Waals surface area contributed by atoms with Crippen molar-refractivity contribution >= 4 is 11.9 Å². The summed E-state index contributed by atoms with van der Waals surface area (Å²) in [4.78, 5) is 25.2. The van der Waals surface area contributed by atoms with Crippen LogP contribution in [0, 0.1) is 12.3 Å². The van der Waals surface area contributed by atoms with Crippen LogP contribution < -0.4 is 0 Å². The molecule has 0 bridgehead atoms. The number of hydrogen-bond acceptors (Lipinski definition) is 3. The molecule has 122 valence electrons. The minimum Gasteiger partial charge on any atom is -0.478 e. The molecule has 1 aromatic heterocycles. The SMILES string of the molecule is Cc1c(C(=O)O)cnn1C1CCN(C(=O)CC(C)(C)C)CC1. The van der Waals surface area contributed by atoms with Gasteiger partial charge in [-0.3, -0.25) is 9.48 Å². The molecule has 22 heavy (non-hydrogen) atoms. The maximum atomic E-state index is 12.2. The Balaban J connectivity index is 1.98. The highest BCUT2D eigenvalue weighted by Gasteiger charge is 2.28. The standard InChI is InChI=1S/C16H25N3O3/c1-11-13(15(21)22)10-17-19(11)12-5-7-18(8-6-12)14(20)9-16(2,3)4/h10,12H,5-9H2,1-4H3,(H,21,22). The molecule has 1 fully saturated rings. The predicted octanol–water partition coefficient (Wildman–Crippen LogP) is 2.49. The summed E-state index contributed by atoms with van der Waals surface area (Å²) in [7, 11) is 0. The molecular weight excluding hydrogens is 282 g/mol. The van der Waals surface area contributed by atoms with E-state index in [2.05, 4.69) is 25.9 Å². The molecule has 0 spiro atoms. The fourth-order valence-corrected chi connectivity index (χ4v) is 2.93. The third-order valence-electron chi connectivity index (χ3n) is 4.12. The first-order valence-electron chi connectivity index (χ1n) is 7.74. The van der Waals surface area contributed by atoms with Crippen LogP contribution >= 0.6 is 0 Å². The second-order valence-electron chi connectivity index (χ2n) is 7.24. The Bertz CT molecular complexity index is 564. The molecule has 1 N–H and O–H groups in total. The first kappa shape index (κ1) is 16.5. The zero-order valence-corrected chi connectivity index (χ0v) is 13.8. The Hall–Kier alpha value is -1.85. The van der Waals surface area contributed by atoms with Crippen LogP contribution in [0.2, 0.25) is 0 Å². The summed E-state index contributed by atoms with van der Waals surface area (Å²) in [5.41, 5.74) is 0.946. The van der Waals surface area contributed by atoms with Crippen molar-refractivity contribution in [1.82, 2.24) is 14.7 Å². The second kappa shape index (κ2) is 6.10. The fraction of sp³-hybridized carbons (Fsp3) is 0.688. The topological polar surface area (TPSA) is 75.4 Å². The van der Waals surface area contributed by atoms with Crippen molar-refractivity contribution in [3.8, 4) is 0 Å². The van der Waals surface area contributed by atoms with Crippen molar-refractivity contribution < 1.29 is 14.7 Å². The lowest BCUT2D eigenvalue weighted by molar-refractivity contribution is -0.134. The number of carbonyl (C=O) groups is 2. The van der Waals surface area contributed by atoms with E-state index in [0.717, 1.165) is 12.8 Å². The van der Waals surface area contributed by atoms with Gasteiger partial charge in [-0.25, -0.2) is 4.79 Å². The fourth-order valence-electron chi connectivity index (χ4n) is 2.93. The molecular formula is C16H25N3O3. The van der Waals surface area contributed by atoms with E-state index in [0.29, 0.717) is 25.2 Å². The van der Waals surface area contributed by atoms with Gasteiger partial charge in [-0.2, -0.15) is 5.10 Å². The summed E-state index contributed by atoms with van der Waals surface area (Å²) < 4.78 is 1.80. The first-order chi connectivity index (χ1) is 10.2. The van der Waals surface area contributed by atoms with Gasteiger partial charge in [0.1, 0.15) is 5.56 Å². The van der Waals surface area contributed by atoms with E-state index in [4.69, 9.17) is 5.11 Å². The molecule has 0 atom stereocenters. The number of piperidine rings is 1. The lowest BCUT2D eigenvalue weighted by Crippen LogP contribution is -2.40. The Morgan fingerprint density at radius 3 is 2.36 bits per heavy atom. The van der Waals surface area contributed by atoms with E-state index in [1.54, 1.807) is 11.6 Å². The molecule has 6 heteroatoms. The number of rotatable bonds is 3. The number of carbonyl (C=O) groups excluding carboxylic acids is 1. The van der Waals surface area contributed by atoms with E-state index in [1.807, 2.05) is 4.90 Å². The molecule has 0 radical (unpaired) electrons. The molecule has 2 heterocycles. The quantitative estimate of drug-likeness (QED) is 0.931. The van der Waals surface area contributed by atoms with Gasteiger partial charge in [-0.05, 0) is 25.2 Å². The zero-order chi connectivity index (χ0) is 16.5. The minimum absolute atomic E-state index is 0.00287. The molecule has 0 unspecified atom stereocenters. The number of aromatic nitrogens is 2. The Morgan fingerprint density at radius 1 is 1.32 bits per heavy atom. The monoisotopic (exact) mass is 307 g/mol. The van der Waals surface area contributed by atoms with Crippen LogP contribution in [0.25, 0.3) is 0 Å². The average molecular weight is 307 g/mol. The number of aromatic carboxylic acids is 1. The number of nitrogens with zero attached hydrogens (tertiary/aromatic N) is 3. The molecule has 1 saturated heterocycles. The summed E-state index contributed by atoms with van der Waals surface area (Å²) in [6.45, 7) is 9.41. The van der Waals surface area contributed by atoms with Crippen molar-refractivity contribution in [3.05, 3.63) is 17.5 Å². The van der Waals surface area contributed by atoms with E-state index in [-0.39, 0.29) is 22.9 Å². The van der Waals surface area contributed by atoms with Crippen molar-refractivity contribution in [2.45, 2.75) is 53.0 Å². The van der Waals surface area contributed by atoms with Crippen LogP contribution in [0.5, 0.6) is 0 Å². The smallest absolute Gasteiger partial charge is 0.339 e. The van der Waals surface area contributed by atoms with Gasteiger partial charge in [0.2, 0.25) is 5.91 Å². The van der Waals surface area contributed by atoms with Crippen LogP contribution in [-0.4, -0.2) is 44.8 Å². The third kappa shape index (κ3) is 3.67. The summed E-state index contributed by atoms with van der Waals surface area (Å²) in [6, 6.07) is 0.173. The maximum Gasteiger partial charge on any atom is 0.339 e. The van der Waals surface area contributed by atoms with Gasteiger partial charge in [-0.15, -0.1) is 0 Å². The Labute approximate surface area is 131 Å². The molecule has 0 aromatic carbocycles. The van der Waals surface area contributed by atoms with Gasteiger partial charge >= 0.3 is 5.97 Å². The zero-order valence-electron chi connectivity index (χ0n) is 13.8. The van der Waals surface area contributed by atoms with Gasteiger partial charge in [0, 0.05) is 19.5 Å². The van der Waals surface area contributed by atoms with E-state index in [9.17, 15) is 9.59 Å². The Kier molecular flexibility index (Phi) is 4.58. The summed E-state index contributed by atoms with van der Waals surface area (Å²) in [5, 5.41) is 13.3. The summed E-state index contributed by atoms with van der Waals surface area (Å²) >= 11 is 0. The molecule has 1 aliphatic rings. The van der Waals surface area contributed by atoms with Crippen molar-refractivity contribution in [2.75, 3.05) is 13.1 Å². The normalized spacial score (nSPS) is 16.8. The highest BCUT2D eigenvalue weighted by Crippen LogP contribution is 2.27. The van der Waals surface area contributed by atoms with Crippen LogP contribution in [0.4, 0.5) is 0 Å². The van der Waals surface area contributed by atoms with Gasteiger partial charge in [0.25, 0.3) is 0 Å². The lowest BCUT2D eigenvalue weighted by atomic mass is 9.91. The highest BCUT2D eigenvalue weighted by molar-refractivity contribution is 5.88. The van der Waals surface area contributed by atoms with Crippen molar-refractivity contribution in [2.24, 2.45) is 5.41 Å². The van der Waals surface area contributed by atoms with E-state index in [1.165, 1.54) is 6.20 Å². The largest absolute Gasteiger partial charge is 0.478 e. The van der Waals surface area contributed by atoms with Gasteiger partial charge < -0.3 is 10.0 Å².